The molecule has 0 unspecified atom stereocenters. The van der Waals surface area contributed by atoms with Crippen LogP contribution in [0.4, 0.5) is 4.79 Å². The van der Waals surface area contributed by atoms with E-state index in [4.69, 9.17) is 5.11 Å². The van der Waals surface area contributed by atoms with E-state index in [0.717, 1.165) is 38.8 Å². The Morgan fingerprint density at radius 3 is 2.42 bits per heavy atom. The van der Waals surface area contributed by atoms with E-state index in [0.29, 0.717) is 0 Å². The van der Waals surface area contributed by atoms with Gasteiger partial charge in [-0.1, -0.05) is 37.3 Å². The summed E-state index contributed by atoms with van der Waals surface area (Å²) in [7, 11) is 1.86. The van der Waals surface area contributed by atoms with E-state index in [1.54, 1.807) is 4.90 Å². The number of hydrogen-bond donors (Lipinski definition) is 2. The van der Waals surface area contributed by atoms with Crippen LogP contribution in [0.25, 0.3) is 0 Å². The number of urea groups is 1. The molecule has 0 spiro atoms. The van der Waals surface area contributed by atoms with Gasteiger partial charge in [0.2, 0.25) is 0 Å². The van der Waals surface area contributed by atoms with Gasteiger partial charge in [0.05, 0.1) is 6.54 Å². The fourth-order valence-corrected chi connectivity index (χ4v) is 3.97. The van der Waals surface area contributed by atoms with E-state index in [1.807, 2.05) is 24.9 Å². The standard InChI is InChI=1S/C20H29N3O3/c1-3-23(13-18(24)25)17-11-16(12-17)21-19(26)22(2)14-20(9-10-20)15-7-5-4-6-8-15/h4-8,16-17H,3,9-14H2,1-2H3,(H,21,26)(H,24,25). The Labute approximate surface area is 155 Å². The topological polar surface area (TPSA) is 72.9 Å². The van der Waals surface area contributed by atoms with Crippen molar-refractivity contribution in [2.24, 2.45) is 0 Å². The van der Waals surface area contributed by atoms with Crippen LogP contribution < -0.4 is 5.32 Å². The van der Waals surface area contributed by atoms with E-state index in [1.165, 1.54) is 5.56 Å². The van der Waals surface area contributed by atoms with Crippen molar-refractivity contribution in [2.75, 3.05) is 26.7 Å². The van der Waals surface area contributed by atoms with Crippen LogP contribution >= 0.6 is 0 Å². The summed E-state index contributed by atoms with van der Waals surface area (Å²) in [4.78, 5) is 27.2. The molecule has 142 valence electrons. The van der Waals surface area contributed by atoms with E-state index >= 15 is 0 Å². The summed E-state index contributed by atoms with van der Waals surface area (Å²) < 4.78 is 0. The molecule has 2 aliphatic rings. The minimum atomic E-state index is -0.797. The van der Waals surface area contributed by atoms with Crippen molar-refractivity contribution in [2.45, 2.75) is 50.1 Å². The number of nitrogens with one attached hydrogen (secondary N) is 1. The summed E-state index contributed by atoms with van der Waals surface area (Å²) in [5.74, 6) is -0.797. The minimum absolute atomic E-state index is 0.0306. The van der Waals surface area contributed by atoms with Gasteiger partial charge in [-0.05, 0) is 37.8 Å². The Kier molecular flexibility index (Phi) is 5.51. The highest BCUT2D eigenvalue weighted by molar-refractivity contribution is 5.74. The zero-order valence-electron chi connectivity index (χ0n) is 15.6. The second-order valence-electron chi connectivity index (χ2n) is 7.73. The normalized spacial score (nSPS) is 23.2. The van der Waals surface area contributed by atoms with Crippen LogP contribution in [0.2, 0.25) is 0 Å². The van der Waals surface area contributed by atoms with Gasteiger partial charge in [-0.2, -0.15) is 0 Å². The first kappa shape index (κ1) is 18.7. The van der Waals surface area contributed by atoms with E-state index in [2.05, 4.69) is 29.6 Å². The summed E-state index contributed by atoms with van der Waals surface area (Å²) >= 11 is 0. The van der Waals surface area contributed by atoms with Crippen LogP contribution in [0.15, 0.2) is 30.3 Å². The van der Waals surface area contributed by atoms with Crippen LogP contribution in [-0.4, -0.2) is 65.7 Å². The molecule has 2 aliphatic carbocycles. The van der Waals surface area contributed by atoms with Gasteiger partial charge in [-0.25, -0.2) is 4.79 Å². The van der Waals surface area contributed by atoms with Crippen molar-refractivity contribution in [1.29, 1.82) is 0 Å². The lowest BCUT2D eigenvalue weighted by Crippen LogP contribution is -2.56. The van der Waals surface area contributed by atoms with Crippen molar-refractivity contribution in [1.82, 2.24) is 15.1 Å². The molecule has 0 aromatic heterocycles. The molecule has 0 aliphatic heterocycles. The third-order valence-electron chi connectivity index (χ3n) is 5.83. The van der Waals surface area contributed by atoms with Crippen LogP contribution in [0.5, 0.6) is 0 Å². The number of hydrogen-bond acceptors (Lipinski definition) is 3. The summed E-state index contributed by atoms with van der Waals surface area (Å²) in [5, 5.41) is 12.1. The molecule has 2 amide bonds. The Morgan fingerprint density at radius 1 is 1.23 bits per heavy atom. The average Bonchev–Trinajstić information content (AvgIpc) is 3.37. The number of nitrogens with zero attached hydrogens (tertiary/aromatic N) is 2. The number of amides is 2. The molecular formula is C20H29N3O3. The highest BCUT2D eigenvalue weighted by atomic mass is 16.4. The monoisotopic (exact) mass is 359 g/mol. The smallest absolute Gasteiger partial charge is 0.317 e. The van der Waals surface area contributed by atoms with Gasteiger partial charge in [-0.3, -0.25) is 9.69 Å². The highest BCUT2D eigenvalue weighted by Gasteiger charge is 2.46. The third-order valence-corrected chi connectivity index (χ3v) is 5.83. The lowest BCUT2D eigenvalue weighted by atomic mass is 9.85. The Bertz CT molecular complexity index is 639. The van der Waals surface area contributed by atoms with Gasteiger partial charge < -0.3 is 15.3 Å². The van der Waals surface area contributed by atoms with Crippen molar-refractivity contribution in [3.05, 3.63) is 35.9 Å². The van der Waals surface area contributed by atoms with Gasteiger partial charge in [0.25, 0.3) is 0 Å². The van der Waals surface area contributed by atoms with Crippen molar-refractivity contribution in [3.8, 4) is 0 Å². The van der Waals surface area contributed by atoms with Crippen LogP contribution in [0, 0.1) is 0 Å². The molecule has 6 nitrogen and oxygen atoms in total. The lowest BCUT2D eigenvalue weighted by molar-refractivity contribution is -0.139. The summed E-state index contributed by atoms with van der Waals surface area (Å²) in [6.07, 6.45) is 3.90. The lowest BCUT2D eigenvalue weighted by Gasteiger charge is -2.42. The molecule has 0 heterocycles. The molecule has 0 bridgehead atoms. The van der Waals surface area contributed by atoms with Gasteiger partial charge in [0, 0.05) is 31.1 Å². The number of carboxylic acid groups (broad SMARTS) is 1. The van der Waals surface area contributed by atoms with Gasteiger partial charge in [0.1, 0.15) is 0 Å². The Balaban J connectivity index is 1.45. The molecule has 2 N–H and O–H groups in total. The molecule has 1 aromatic rings. The zero-order valence-corrected chi connectivity index (χ0v) is 15.6. The molecule has 3 rings (SSSR count). The fourth-order valence-electron chi connectivity index (χ4n) is 3.97. The first-order valence-corrected chi connectivity index (χ1v) is 9.46. The highest BCUT2D eigenvalue weighted by Crippen LogP contribution is 2.48. The first-order valence-electron chi connectivity index (χ1n) is 9.46. The largest absolute Gasteiger partial charge is 0.480 e. The predicted octanol–water partition coefficient (Wildman–Crippen LogP) is 2.30. The molecule has 0 atom stereocenters. The van der Waals surface area contributed by atoms with E-state index in [-0.39, 0.29) is 30.1 Å². The van der Waals surface area contributed by atoms with Gasteiger partial charge >= 0.3 is 12.0 Å². The number of carbonyl (C=O) groups is 2. The van der Waals surface area contributed by atoms with E-state index in [9.17, 15) is 9.59 Å². The van der Waals surface area contributed by atoms with Crippen LogP contribution in [0.1, 0.15) is 38.2 Å². The molecule has 0 radical (unpaired) electrons. The SMILES string of the molecule is CCN(CC(=O)O)C1CC(NC(=O)N(C)CC2(c3ccccc3)CC2)C1. The second-order valence-corrected chi connectivity index (χ2v) is 7.73. The summed E-state index contributed by atoms with van der Waals surface area (Å²) in [5.41, 5.74) is 1.44. The van der Waals surface area contributed by atoms with Crippen molar-refractivity contribution >= 4 is 12.0 Å². The predicted molar refractivity (Wildman–Crippen MR) is 100 cm³/mol. The number of likely N-dealkylation sites (N-methyl/N-ethyl adjacent to an activating group) is 2. The fraction of sp³-hybridized carbons (Fsp3) is 0.600. The van der Waals surface area contributed by atoms with E-state index < -0.39 is 5.97 Å². The minimum Gasteiger partial charge on any atom is -0.480 e. The van der Waals surface area contributed by atoms with Crippen molar-refractivity contribution < 1.29 is 14.7 Å². The van der Waals surface area contributed by atoms with Crippen molar-refractivity contribution in [3.63, 3.8) is 0 Å². The Morgan fingerprint density at radius 2 is 1.88 bits per heavy atom. The molecule has 2 fully saturated rings. The summed E-state index contributed by atoms with van der Waals surface area (Å²) in [6, 6.07) is 10.8. The number of rotatable bonds is 8. The molecule has 1 aromatic carbocycles. The number of aliphatic carboxylic acids is 1. The Hall–Kier alpha value is -2.08. The third kappa shape index (κ3) is 4.18. The molecule has 26 heavy (non-hydrogen) atoms. The quantitative estimate of drug-likeness (QED) is 0.747. The maximum atomic E-state index is 12.5. The average molecular weight is 359 g/mol. The van der Waals surface area contributed by atoms with Crippen LogP contribution in [-0.2, 0) is 10.2 Å². The zero-order chi connectivity index (χ0) is 18.7. The molecule has 0 saturated heterocycles. The second kappa shape index (κ2) is 7.66. The van der Waals surface area contributed by atoms with Gasteiger partial charge in [-0.15, -0.1) is 0 Å². The molecular weight excluding hydrogens is 330 g/mol. The summed E-state index contributed by atoms with van der Waals surface area (Å²) in [6.45, 7) is 3.50. The maximum absolute atomic E-state index is 12.5. The number of carbonyl (C=O) groups excluding carboxylic acids is 1. The molecule has 2 saturated carbocycles. The van der Waals surface area contributed by atoms with Gasteiger partial charge in [0.15, 0.2) is 0 Å². The molecule has 6 heteroatoms. The number of benzene rings is 1. The number of carboxylic acids is 1. The maximum Gasteiger partial charge on any atom is 0.317 e. The first-order chi connectivity index (χ1) is 12.4. The van der Waals surface area contributed by atoms with Crippen LogP contribution in [0.3, 0.4) is 0 Å².